The van der Waals surface area contributed by atoms with Gasteiger partial charge in [0.15, 0.2) is 5.60 Å². The number of hydrogen-bond acceptors (Lipinski definition) is 5. The van der Waals surface area contributed by atoms with E-state index in [4.69, 9.17) is 5.11 Å². The van der Waals surface area contributed by atoms with Crippen LogP contribution in [0.5, 0.6) is 0 Å². The molecule has 0 bridgehead atoms. The zero-order valence-corrected chi connectivity index (χ0v) is 9.31. The van der Waals surface area contributed by atoms with Crippen molar-refractivity contribution in [3.05, 3.63) is 32.6 Å². The number of aromatic amines is 2. The van der Waals surface area contributed by atoms with Crippen LogP contribution < -0.4 is 16.6 Å². The smallest absolute Gasteiger partial charge is 0.337 e. The molecule has 98 valence electrons. The first-order valence-corrected chi connectivity index (χ1v) is 4.80. The van der Waals surface area contributed by atoms with Crippen LogP contribution >= 0.6 is 0 Å². The number of carbonyl (C=O) groups excluding carboxylic acids is 1. The lowest BCUT2D eigenvalue weighted by molar-refractivity contribution is -0.155. The Bertz CT molecular complexity index is 584. The minimum atomic E-state index is -2.15. The SMILES string of the molecule is CC(O)(CNC(=O)c1c[nH]c(=O)[nH]c1=O)C(=O)O. The molecule has 0 aliphatic heterocycles. The number of H-pyrrole nitrogens is 2. The van der Waals surface area contributed by atoms with E-state index in [-0.39, 0.29) is 0 Å². The van der Waals surface area contributed by atoms with E-state index in [1.165, 1.54) is 0 Å². The van der Waals surface area contributed by atoms with Crippen LogP contribution in [0.25, 0.3) is 0 Å². The third-order valence-electron chi connectivity index (χ3n) is 2.12. The molecule has 1 aromatic heterocycles. The Labute approximate surface area is 99.5 Å². The maximum Gasteiger partial charge on any atom is 0.337 e. The first-order chi connectivity index (χ1) is 8.24. The molecule has 0 saturated heterocycles. The van der Waals surface area contributed by atoms with Gasteiger partial charge in [-0.05, 0) is 6.92 Å². The van der Waals surface area contributed by atoms with Gasteiger partial charge < -0.3 is 20.5 Å². The summed E-state index contributed by atoms with van der Waals surface area (Å²) in [6.07, 6.45) is 0.895. The molecule has 9 heteroatoms. The quantitative estimate of drug-likeness (QED) is 0.406. The molecule has 1 heterocycles. The lowest BCUT2D eigenvalue weighted by Crippen LogP contribution is -2.47. The average molecular weight is 257 g/mol. The van der Waals surface area contributed by atoms with Crippen LogP contribution in [0.3, 0.4) is 0 Å². The topological polar surface area (TPSA) is 152 Å². The van der Waals surface area contributed by atoms with Gasteiger partial charge in [0, 0.05) is 6.20 Å². The molecule has 18 heavy (non-hydrogen) atoms. The highest BCUT2D eigenvalue weighted by molar-refractivity contribution is 5.93. The molecule has 1 rings (SSSR count). The minimum absolute atomic E-state index is 0.393. The van der Waals surface area contributed by atoms with Crippen molar-refractivity contribution in [1.29, 1.82) is 0 Å². The number of nitrogens with one attached hydrogen (secondary N) is 3. The molecule has 0 radical (unpaired) electrons. The van der Waals surface area contributed by atoms with Crippen LogP contribution in [0.2, 0.25) is 0 Å². The van der Waals surface area contributed by atoms with Crippen molar-refractivity contribution in [2.24, 2.45) is 0 Å². The van der Waals surface area contributed by atoms with E-state index in [0.717, 1.165) is 13.1 Å². The molecular formula is C9H11N3O6. The molecule has 0 saturated carbocycles. The van der Waals surface area contributed by atoms with E-state index in [1.807, 2.05) is 4.98 Å². The fourth-order valence-electron chi connectivity index (χ4n) is 1.00. The van der Waals surface area contributed by atoms with Gasteiger partial charge >= 0.3 is 11.7 Å². The normalized spacial score (nSPS) is 13.7. The fourth-order valence-corrected chi connectivity index (χ4v) is 1.00. The number of aliphatic carboxylic acids is 1. The van der Waals surface area contributed by atoms with Gasteiger partial charge in [-0.15, -0.1) is 0 Å². The van der Waals surface area contributed by atoms with Gasteiger partial charge in [0.25, 0.3) is 11.5 Å². The molecule has 1 unspecified atom stereocenters. The Balaban J connectivity index is 2.81. The van der Waals surface area contributed by atoms with Gasteiger partial charge in [0.1, 0.15) is 5.56 Å². The Kier molecular flexibility index (Phi) is 3.67. The highest BCUT2D eigenvalue weighted by Crippen LogP contribution is 2.01. The van der Waals surface area contributed by atoms with Crippen LogP contribution in [-0.2, 0) is 4.79 Å². The highest BCUT2D eigenvalue weighted by atomic mass is 16.4. The number of aliphatic hydroxyl groups is 1. The van der Waals surface area contributed by atoms with E-state index in [0.29, 0.717) is 0 Å². The molecule has 0 aromatic carbocycles. The Morgan fingerprint density at radius 3 is 2.56 bits per heavy atom. The summed E-state index contributed by atoms with van der Waals surface area (Å²) in [4.78, 5) is 47.9. The summed E-state index contributed by atoms with van der Waals surface area (Å²) in [5, 5.41) is 20.0. The van der Waals surface area contributed by atoms with Gasteiger partial charge in [0.2, 0.25) is 0 Å². The maximum absolute atomic E-state index is 11.5. The largest absolute Gasteiger partial charge is 0.479 e. The number of amides is 1. The third kappa shape index (κ3) is 3.04. The molecule has 5 N–H and O–H groups in total. The number of rotatable bonds is 4. The molecule has 0 fully saturated rings. The molecule has 0 aliphatic carbocycles. The zero-order valence-electron chi connectivity index (χ0n) is 9.31. The molecule has 0 spiro atoms. The van der Waals surface area contributed by atoms with Crippen molar-refractivity contribution in [2.45, 2.75) is 12.5 Å². The lowest BCUT2D eigenvalue weighted by atomic mass is 10.1. The molecule has 0 aliphatic rings. The number of carboxylic acids is 1. The maximum atomic E-state index is 11.5. The van der Waals surface area contributed by atoms with Crippen molar-refractivity contribution in [3.63, 3.8) is 0 Å². The second-order valence-corrected chi connectivity index (χ2v) is 3.75. The Morgan fingerprint density at radius 2 is 2.06 bits per heavy atom. The van der Waals surface area contributed by atoms with E-state index in [2.05, 4.69) is 10.3 Å². The summed E-state index contributed by atoms with van der Waals surface area (Å²) in [5.41, 5.74) is -4.22. The minimum Gasteiger partial charge on any atom is -0.479 e. The summed E-state index contributed by atoms with van der Waals surface area (Å²) >= 11 is 0. The van der Waals surface area contributed by atoms with Gasteiger partial charge in [-0.2, -0.15) is 0 Å². The second kappa shape index (κ2) is 4.84. The standard InChI is InChI=1S/C9H11N3O6/c1-9(18,7(15)16)3-11-5(13)4-2-10-8(17)12-6(4)14/h2,18H,3H2,1H3,(H,11,13)(H,15,16)(H2,10,12,14,17). The molecule has 1 aromatic rings. The summed E-state index contributed by atoms with van der Waals surface area (Å²) in [7, 11) is 0. The van der Waals surface area contributed by atoms with Crippen molar-refractivity contribution in [1.82, 2.24) is 15.3 Å². The first-order valence-electron chi connectivity index (χ1n) is 4.80. The number of hydrogen-bond donors (Lipinski definition) is 5. The summed E-state index contributed by atoms with van der Waals surface area (Å²) < 4.78 is 0. The number of carboxylic acid groups (broad SMARTS) is 1. The van der Waals surface area contributed by atoms with Crippen LogP contribution in [0.15, 0.2) is 15.8 Å². The predicted molar refractivity (Wildman–Crippen MR) is 58.3 cm³/mol. The van der Waals surface area contributed by atoms with Gasteiger partial charge in [-0.3, -0.25) is 14.6 Å². The van der Waals surface area contributed by atoms with Crippen LogP contribution in [-0.4, -0.2) is 44.2 Å². The molecule has 1 amide bonds. The van der Waals surface area contributed by atoms with Crippen LogP contribution in [0.4, 0.5) is 0 Å². The Morgan fingerprint density at radius 1 is 1.44 bits per heavy atom. The van der Waals surface area contributed by atoms with E-state index in [9.17, 15) is 24.3 Å². The van der Waals surface area contributed by atoms with Gasteiger partial charge in [-0.1, -0.05) is 0 Å². The lowest BCUT2D eigenvalue weighted by Gasteiger charge is -2.17. The van der Waals surface area contributed by atoms with Crippen molar-refractivity contribution >= 4 is 11.9 Å². The summed E-state index contributed by atoms with van der Waals surface area (Å²) in [6, 6.07) is 0. The average Bonchev–Trinajstić information content (AvgIpc) is 2.25. The van der Waals surface area contributed by atoms with E-state index < -0.39 is 40.8 Å². The Hall–Kier alpha value is -2.42. The summed E-state index contributed by atoms with van der Waals surface area (Å²) in [6.45, 7) is 0.409. The number of carbonyl (C=O) groups is 2. The van der Waals surface area contributed by atoms with Crippen LogP contribution in [0.1, 0.15) is 17.3 Å². The number of aromatic nitrogens is 2. The fraction of sp³-hybridized carbons (Fsp3) is 0.333. The zero-order chi connectivity index (χ0) is 13.9. The summed E-state index contributed by atoms with van der Waals surface area (Å²) in [5.74, 6) is -2.42. The van der Waals surface area contributed by atoms with Crippen molar-refractivity contribution in [3.8, 4) is 0 Å². The highest BCUT2D eigenvalue weighted by Gasteiger charge is 2.30. The monoisotopic (exact) mass is 257 g/mol. The molecular weight excluding hydrogens is 246 g/mol. The predicted octanol–water partition coefficient (Wildman–Crippen LogP) is -2.37. The van der Waals surface area contributed by atoms with E-state index in [1.54, 1.807) is 0 Å². The van der Waals surface area contributed by atoms with Gasteiger partial charge in [0.05, 0.1) is 6.54 Å². The van der Waals surface area contributed by atoms with E-state index >= 15 is 0 Å². The van der Waals surface area contributed by atoms with Crippen LogP contribution in [0, 0.1) is 0 Å². The second-order valence-electron chi connectivity index (χ2n) is 3.75. The first kappa shape index (κ1) is 13.6. The van der Waals surface area contributed by atoms with Gasteiger partial charge in [-0.25, -0.2) is 9.59 Å². The molecule has 1 atom stereocenters. The third-order valence-corrected chi connectivity index (χ3v) is 2.12. The van der Waals surface area contributed by atoms with Crippen molar-refractivity contribution < 1.29 is 19.8 Å². The molecule has 9 nitrogen and oxygen atoms in total. The van der Waals surface area contributed by atoms with Crippen molar-refractivity contribution in [2.75, 3.05) is 6.54 Å².